The Labute approximate surface area is 128 Å². The van der Waals surface area contributed by atoms with E-state index in [0.717, 1.165) is 24.8 Å². The quantitative estimate of drug-likeness (QED) is 0.813. The normalized spacial score (nSPS) is 21.6. The van der Waals surface area contributed by atoms with E-state index in [9.17, 15) is 9.90 Å². The van der Waals surface area contributed by atoms with Gasteiger partial charge in [0, 0.05) is 23.7 Å². The molecule has 21 heavy (non-hydrogen) atoms. The van der Waals surface area contributed by atoms with Crippen molar-refractivity contribution in [3.8, 4) is 0 Å². The van der Waals surface area contributed by atoms with Gasteiger partial charge in [-0.05, 0) is 35.2 Å². The van der Waals surface area contributed by atoms with E-state index in [1.54, 1.807) is 11.3 Å². The number of carbonyl (C=O) groups is 1. The molecule has 0 spiro atoms. The molecule has 5 heteroatoms. The minimum absolute atomic E-state index is 0.163. The van der Waals surface area contributed by atoms with Crippen molar-refractivity contribution in [3.63, 3.8) is 0 Å². The standard InChI is InChI=1S/C16H20N2O2S/c19-14-6-3-4-11(14)8-17-16(20)18-9-12-10-21-15-7-2-1-5-13(12)15/h1-2,5,7,10-11,14,19H,3-4,6,8-9H2,(H2,17,18,20). The average Bonchev–Trinajstić information content (AvgIpc) is 3.09. The van der Waals surface area contributed by atoms with Gasteiger partial charge in [-0.25, -0.2) is 4.79 Å². The van der Waals surface area contributed by atoms with Crippen molar-refractivity contribution in [2.24, 2.45) is 5.92 Å². The molecule has 3 N–H and O–H groups in total. The van der Waals surface area contributed by atoms with Crippen LogP contribution in [0.15, 0.2) is 29.6 Å². The Morgan fingerprint density at radius 1 is 1.29 bits per heavy atom. The molecule has 1 fully saturated rings. The third-order valence-electron chi connectivity index (χ3n) is 4.14. The second-order valence-electron chi connectivity index (χ2n) is 5.58. The number of carbonyl (C=O) groups excluding carboxylic acids is 1. The van der Waals surface area contributed by atoms with Crippen LogP contribution in [0.3, 0.4) is 0 Å². The van der Waals surface area contributed by atoms with Gasteiger partial charge in [-0.2, -0.15) is 0 Å². The highest BCUT2D eigenvalue weighted by Gasteiger charge is 2.25. The van der Waals surface area contributed by atoms with Gasteiger partial charge in [0.05, 0.1) is 6.10 Å². The summed E-state index contributed by atoms with van der Waals surface area (Å²) in [6.07, 6.45) is 2.65. The summed E-state index contributed by atoms with van der Waals surface area (Å²) in [4.78, 5) is 11.8. The molecule has 1 aliphatic carbocycles. The predicted molar refractivity (Wildman–Crippen MR) is 85.4 cm³/mol. The van der Waals surface area contributed by atoms with Gasteiger partial charge in [-0.15, -0.1) is 11.3 Å². The van der Waals surface area contributed by atoms with Gasteiger partial charge in [-0.1, -0.05) is 24.6 Å². The fourth-order valence-corrected chi connectivity index (χ4v) is 3.85. The molecule has 2 unspecified atom stereocenters. The zero-order valence-corrected chi connectivity index (χ0v) is 12.7. The highest BCUT2D eigenvalue weighted by Crippen LogP contribution is 2.26. The summed E-state index contributed by atoms with van der Waals surface area (Å²) in [5.74, 6) is 0.206. The first-order valence-electron chi connectivity index (χ1n) is 7.39. The molecule has 1 aliphatic rings. The van der Waals surface area contributed by atoms with Gasteiger partial charge in [0.15, 0.2) is 0 Å². The molecule has 1 aromatic carbocycles. The van der Waals surface area contributed by atoms with Gasteiger partial charge >= 0.3 is 6.03 Å². The van der Waals surface area contributed by atoms with Crippen LogP contribution in [0.1, 0.15) is 24.8 Å². The highest BCUT2D eigenvalue weighted by atomic mass is 32.1. The zero-order chi connectivity index (χ0) is 14.7. The first kappa shape index (κ1) is 14.4. The van der Waals surface area contributed by atoms with E-state index in [4.69, 9.17) is 0 Å². The lowest BCUT2D eigenvalue weighted by molar-refractivity contribution is 0.132. The zero-order valence-electron chi connectivity index (χ0n) is 11.8. The molecule has 0 saturated heterocycles. The summed E-state index contributed by atoms with van der Waals surface area (Å²) < 4.78 is 1.24. The SMILES string of the molecule is O=C(NCc1csc2ccccc12)NCC1CCCC1O. The van der Waals surface area contributed by atoms with E-state index < -0.39 is 0 Å². The first-order chi connectivity index (χ1) is 10.2. The highest BCUT2D eigenvalue weighted by molar-refractivity contribution is 7.17. The second kappa shape index (κ2) is 6.45. The number of rotatable bonds is 4. The van der Waals surface area contributed by atoms with Crippen LogP contribution in [0.5, 0.6) is 0 Å². The maximum absolute atomic E-state index is 11.8. The van der Waals surface area contributed by atoms with Crippen LogP contribution >= 0.6 is 11.3 Å². The van der Waals surface area contributed by atoms with E-state index in [0.29, 0.717) is 13.1 Å². The predicted octanol–water partition coefficient (Wildman–Crippen LogP) is 2.86. The van der Waals surface area contributed by atoms with Crippen molar-refractivity contribution in [2.45, 2.75) is 31.9 Å². The minimum Gasteiger partial charge on any atom is -0.393 e. The molecule has 112 valence electrons. The van der Waals surface area contributed by atoms with Crippen LogP contribution in [0.25, 0.3) is 10.1 Å². The fourth-order valence-electron chi connectivity index (χ4n) is 2.89. The van der Waals surface area contributed by atoms with Crippen molar-refractivity contribution < 1.29 is 9.90 Å². The molecule has 2 aromatic rings. The van der Waals surface area contributed by atoms with Crippen LogP contribution < -0.4 is 10.6 Å². The van der Waals surface area contributed by atoms with E-state index in [1.807, 2.05) is 12.1 Å². The lowest BCUT2D eigenvalue weighted by Gasteiger charge is -2.15. The number of hydrogen-bond acceptors (Lipinski definition) is 3. The Bertz CT molecular complexity index is 626. The molecular formula is C16H20N2O2S. The first-order valence-corrected chi connectivity index (χ1v) is 8.27. The number of urea groups is 1. The number of benzene rings is 1. The number of amides is 2. The molecule has 4 nitrogen and oxygen atoms in total. The Kier molecular flexibility index (Phi) is 4.41. The van der Waals surface area contributed by atoms with Crippen molar-refractivity contribution in [1.29, 1.82) is 0 Å². The minimum atomic E-state index is -0.258. The summed E-state index contributed by atoms with van der Waals surface area (Å²) >= 11 is 1.69. The average molecular weight is 304 g/mol. The molecule has 0 radical (unpaired) electrons. The number of nitrogens with one attached hydrogen (secondary N) is 2. The molecule has 3 rings (SSSR count). The van der Waals surface area contributed by atoms with Gasteiger partial charge in [0.1, 0.15) is 0 Å². The Balaban J connectivity index is 1.49. The topological polar surface area (TPSA) is 61.4 Å². The van der Waals surface area contributed by atoms with Gasteiger partial charge < -0.3 is 15.7 Å². The molecule has 1 saturated carbocycles. The molecule has 1 aromatic heterocycles. The summed E-state index contributed by atoms with van der Waals surface area (Å²) in [5, 5.41) is 18.8. The number of aliphatic hydroxyl groups is 1. The monoisotopic (exact) mass is 304 g/mol. The molecule has 1 heterocycles. The lowest BCUT2D eigenvalue weighted by atomic mass is 10.1. The molecule has 0 aliphatic heterocycles. The summed E-state index contributed by atoms with van der Waals surface area (Å²) in [6, 6.07) is 8.04. The molecule has 0 bridgehead atoms. The number of thiophene rings is 1. The van der Waals surface area contributed by atoms with E-state index in [2.05, 4.69) is 28.1 Å². The van der Waals surface area contributed by atoms with E-state index >= 15 is 0 Å². The van der Waals surface area contributed by atoms with E-state index in [1.165, 1.54) is 10.1 Å². The lowest BCUT2D eigenvalue weighted by Crippen LogP contribution is -2.39. The van der Waals surface area contributed by atoms with Crippen LogP contribution in [0, 0.1) is 5.92 Å². The van der Waals surface area contributed by atoms with Crippen LogP contribution in [0.4, 0.5) is 4.79 Å². The van der Waals surface area contributed by atoms with Crippen LogP contribution in [0.2, 0.25) is 0 Å². The van der Waals surface area contributed by atoms with Crippen LogP contribution in [-0.2, 0) is 6.54 Å². The number of fused-ring (bicyclic) bond motifs is 1. The van der Waals surface area contributed by atoms with Gasteiger partial charge in [0.25, 0.3) is 0 Å². The smallest absolute Gasteiger partial charge is 0.315 e. The van der Waals surface area contributed by atoms with Crippen molar-refractivity contribution >= 4 is 27.5 Å². The summed E-state index contributed by atoms with van der Waals surface area (Å²) in [6.45, 7) is 1.08. The van der Waals surface area contributed by atoms with Crippen molar-refractivity contribution in [3.05, 3.63) is 35.2 Å². The molecule has 2 amide bonds. The maximum atomic E-state index is 11.8. The largest absolute Gasteiger partial charge is 0.393 e. The van der Waals surface area contributed by atoms with Crippen molar-refractivity contribution in [1.82, 2.24) is 10.6 Å². The fraction of sp³-hybridized carbons (Fsp3) is 0.438. The van der Waals surface area contributed by atoms with E-state index in [-0.39, 0.29) is 18.1 Å². The third kappa shape index (κ3) is 3.36. The number of hydrogen-bond donors (Lipinski definition) is 3. The summed E-state index contributed by atoms with van der Waals surface area (Å²) in [5.41, 5.74) is 1.15. The number of aliphatic hydroxyl groups excluding tert-OH is 1. The molecular weight excluding hydrogens is 284 g/mol. The van der Waals surface area contributed by atoms with Gasteiger partial charge in [-0.3, -0.25) is 0 Å². The van der Waals surface area contributed by atoms with Crippen LogP contribution in [-0.4, -0.2) is 23.8 Å². The third-order valence-corrected chi connectivity index (χ3v) is 5.16. The Morgan fingerprint density at radius 2 is 2.14 bits per heavy atom. The van der Waals surface area contributed by atoms with Crippen molar-refractivity contribution in [2.75, 3.05) is 6.54 Å². The second-order valence-corrected chi connectivity index (χ2v) is 6.49. The molecule has 2 atom stereocenters. The maximum Gasteiger partial charge on any atom is 0.315 e. The summed E-state index contributed by atoms with van der Waals surface area (Å²) in [7, 11) is 0. The Hall–Kier alpha value is -1.59. The van der Waals surface area contributed by atoms with Gasteiger partial charge in [0.2, 0.25) is 0 Å². The Morgan fingerprint density at radius 3 is 2.95 bits per heavy atom.